The van der Waals surface area contributed by atoms with E-state index in [0.717, 1.165) is 16.7 Å². The summed E-state index contributed by atoms with van der Waals surface area (Å²) in [6.07, 6.45) is 2.04. The Morgan fingerprint density at radius 3 is 2.42 bits per heavy atom. The second kappa shape index (κ2) is 8.29. The smallest absolute Gasteiger partial charge is 0.223 e. The van der Waals surface area contributed by atoms with Crippen molar-refractivity contribution in [2.24, 2.45) is 0 Å². The average molecular weight is 420 g/mol. The number of hydrogen-bond donors (Lipinski definition) is 0. The minimum Gasteiger partial charge on any atom is -0.486 e. The predicted octanol–water partition coefficient (Wildman–Crippen LogP) is 4.60. The van der Waals surface area contributed by atoms with Crippen LogP contribution >= 0.6 is 0 Å². The number of hydrogen-bond acceptors (Lipinski definition) is 4. The molecule has 31 heavy (non-hydrogen) atoms. The molecule has 2 heterocycles. The van der Waals surface area contributed by atoms with E-state index in [9.17, 15) is 14.4 Å². The highest BCUT2D eigenvalue weighted by molar-refractivity contribution is 6.00. The summed E-state index contributed by atoms with van der Waals surface area (Å²) in [5.41, 5.74) is 4.08. The molecule has 0 saturated carbocycles. The zero-order valence-corrected chi connectivity index (χ0v) is 18.5. The lowest BCUT2D eigenvalue weighted by Gasteiger charge is -2.44. The molecule has 2 aliphatic heterocycles. The molecular formula is C26H29NO4. The Bertz CT molecular complexity index is 1050. The fourth-order valence-electron chi connectivity index (χ4n) is 4.49. The van der Waals surface area contributed by atoms with Crippen molar-refractivity contribution in [2.75, 3.05) is 13.1 Å². The molecule has 4 rings (SSSR count). The van der Waals surface area contributed by atoms with Gasteiger partial charge in [-0.1, -0.05) is 23.8 Å². The first-order chi connectivity index (χ1) is 14.8. The maximum Gasteiger partial charge on any atom is 0.223 e. The number of carbonyl (C=O) groups excluding carboxylic acids is 3. The molecule has 0 unspecified atom stereocenters. The van der Waals surface area contributed by atoms with Crippen molar-refractivity contribution in [1.82, 2.24) is 4.90 Å². The lowest BCUT2D eigenvalue weighted by Crippen LogP contribution is -2.52. The Morgan fingerprint density at radius 2 is 1.71 bits per heavy atom. The number of carbonyl (C=O) groups is 3. The summed E-state index contributed by atoms with van der Waals surface area (Å²) in [4.78, 5) is 39.7. The second-order valence-electron chi connectivity index (χ2n) is 8.99. The van der Waals surface area contributed by atoms with Crippen molar-refractivity contribution in [1.29, 1.82) is 0 Å². The Balaban J connectivity index is 1.33. The summed E-state index contributed by atoms with van der Waals surface area (Å²) < 4.78 is 6.28. The lowest BCUT2D eigenvalue weighted by molar-refractivity contribution is -0.134. The van der Waals surface area contributed by atoms with Crippen molar-refractivity contribution in [3.05, 3.63) is 64.2 Å². The molecule has 162 valence electrons. The van der Waals surface area contributed by atoms with Gasteiger partial charge in [-0.3, -0.25) is 14.4 Å². The van der Waals surface area contributed by atoms with Crippen LogP contribution in [-0.4, -0.2) is 41.1 Å². The van der Waals surface area contributed by atoms with Crippen LogP contribution in [-0.2, 0) is 4.79 Å². The first-order valence-electron chi connectivity index (χ1n) is 11.0. The third-order valence-electron chi connectivity index (χ3n) is 6.67. The molecule has 1 saturated heterocycles. The molecule has 0 N–H and O–H groups in total. The van der Waals surface area contributed by atoms with E-state index >= 15 is 0 Å². The van der Waals surface area contributed by atoms with Gasteiger partial charge in [0.25, 0.3) is 0 Å². The monoisotopic (exact) mass is 419 g/mol. The van der Waals surface area contributed by atoms with Gasteiger partial charge in [0.15, 0.2) is 11.6 Å². The summed E-state index contributed by atoms with van der Waals surface area (Å²) in [5, 5.41) is 0. The molecule has 1 spiro atoms. The molecule has 1 amide bonds. The number of ketones is 2. The van der Waals surface area contributed by atoms with Gasteiger partial charge < -0.3 is 9.64 Å². The summed E-state index contributed by atoms with van der Waals surface area (Å²) >= 11 is 0. The Kier molecular flexibility index (Phi) is 5.69. The largest absolute Gasteiger partial charge is 0.486 e. The van der Waals surface area contributed by atoms with Crippen molar-refractivity contribution >= 4 is 17.5 Å². The minimum absolute atomic E-state index is 0.00181. The molecule has 0 atom stereocenters. The highest BCUT2D eigenvalue weighted by Gasteiger charge is 2.43. The Labute approximate surface area is 183 Å². The number of Topliss-reactive ketones (excluding diaryl/α,β-unsaturated/α-hetero) is 2. The molecule has 5 nitrogen and oxygen atoms in total. The number of ether oxygens (including phenoxy) is 1. The molecule has 2 aliphatic rings. The molecular weight excluding hydrogens is 390 g/mol. The van der Waals surface area contributed by atoms with E-state index in [2.05, 4.69) is 0 Å². The van der Waals surface area contributed by atoms with Crippen LogP contribution < -0.4 is 4.74 Å². The highest BCUT2D eigenvalue weighted by atomic mass is 16.5. The van der Waals surface area contributed by atoms with Crippen LogP contribution in [0.25, 0.3) is 0 Å². The molecule has 2 aromatic carbocycles. The van der Waals surface area contributed by atoms with Crippen molar-refractivity contribution in [3.63, 3.8) is 0 Å². The summed E-state index contributed by atoms with van der Waals surface area (Å²) in [6, 6.07) is 11.4. The molecule has 2 aromatic rings. The number of rotatable bonds is 4. The quantitative estimate of drug-likeness (QED) is 0.680. The third-order valence-corrected chi connectivity index (χ3v) is 6.67. The van der Waals surface area contributed by atoms with Gasteiger partial charge in [-0.2, -0.15) is 0 Å². The third kappa shape index (κ3) is 4.41. The van der Waals surface area contributed by atoms with Crippen LogP contribution in [0.3, 0.4) is 0 Å². The topological polar surface area (TPSA) is 63.7 Å². The maximum atomic E-state index is 12.7. The minimum atomic E-state index is -0.522. The summed E-state index contributed by atoms with van der Waals surface area (Å²) in [6.45, 7) is 7.06. The lowest BCUT2D eigenvalue weighted by atomic mass is 9.82. The van der Waals surface area contributed by atoms with E-state index in [-0.39, 0.29) is 30.3 Å². The van der Waals surface area contributed by atoms with Crippen LogP contribution in [0.1, 0.15) is 69.5 Å². The number of amides is 1. The van der Waals surface area contributed by atoms with Gasteiger partial charge in [-0.25, -0.2) is 0 Å². The number of aryl methyl sites for hydroxylation is 3. The molecule has 1 fully saturated rings. The van der Waals surface area contributed by atoms with E-state index in [1.54, 1.807) is 4.90 Å². The SMILES string of the molecule is Cc1ccc2c(c1)C(=O)CC1(CCN(C(=O)CCC(=O)c3ccc(C)c(C)c3)CC1)O2. The molecule has 5 heteroatoms. The van der Waals surface area contributed by atoms with Gasteiger partial charge in [0.05, 0.1) is 12.0 Å². The normalized spacial score (nSPS) is 17.3. The van der Waals surface area contributed by atoms with Crippen LogP contribution in [0, 0.1) is 20.8 Å². The van der Waals surface area contributed by atoms with Crippen molar-refractivity contribution < 1.29 is 19.1 Å². The fourth-order valence-corrected chi connectivity index (χ4v) is 4.49. The fraction of sp³-hybridized carbons (Fsp3) is 0.423. The van der Waals surface area contributed by atoms with Crippen molar-refractivity contribution in [2.45, 2.75) is 58.5 Å². The van der Waals surface area contributed by atoms with E-state index in [0.29, 0.717) is 49.2 Å². The molecule has 0 aliphatic carbocycles. The maximum absolute atomic E-state index is 12.7. The number of fused-ring (bicyclic) bond motifs is 1. The van der Waals surface area contributed by atoms with E-state index in [1.165, 1.54) is 0 Å². The van der Waals surface area contributed by atoms with Gasteiger partial charge >= 0.3 is 0 Å². The summed E-state index contributed by atoms with van der Waals surface area (Å²) in [7, 11) is 0. The number of benzene rings is 2. The first kappa shape index (κ1) is 21.3. The second-order valence-corrected chi connectivity index (χ2v) is 8.99. The Hall–Kier alpha value is -2.95. The Morgan fingerprint density at radius 1 is 0.968 bits per heavy atom. The summed E-state index contributed by atoms with van der Waals surface area (Å²) in [5.74, 6) is 0.757. The number of piperidine rings is 1. The molecule has 0 radical (unpaired) electrons. The molecule has 0 aromatic heterocycles. The standard InChI is InChI=1S/C26H29NO4/c1-17-4-8-24-21(14-17)23(29)16-26(31-24)10-12-27(13-11-26)25(30)9-7-22(28)20-6-5-18(2)19(3)15-20/h4-6,8,14-15H,7,9-13,16H2,1-3H3. The van der Waals surface area contributed by atoms with E-state index in [1.807, 2.05) is 57.2 Å². The number of nitrogens with zero attached hydrogens (tertiary/aromatic N) is 1. The van der Waals surface area contributed by atoms with Crippen LogP contribution in [0.5, 0.6) is 5.75 Å². The van der Waals surface area contributed by atoms with Crippen LogP contribution in [0.2, 0.25) is 0 Å². The van der Waals surface area contributed by atoms with Gasteiger partial charge in [-0.05, 0) is 50.1 Å². The van der Waals surface area contributed by atoms with Crippen LogP contribution in [0.4, 0.5) is 0 Å². The van der Waals surface area contributed by atoms with Gasteiger partial charge in [-0.15, -0.1) is 0 Å². The van der Waals surface area contributed by atoms with Gasteiger partial charge in [0.1, 0.15) is 11.4 Å². The predicted molar refractivity (Wildman–Crippen MR) is 119 cm³/mol. The molecule has 0 bridgehead atoms. The van der Waals surface area contributed by atoms with Gasteiger partial charge in [0, 0.05) is 44.3 Å². The highest BCUT2D eigenvalue weighted by Crippen LogP contribution is 2.39. The van der Waals surface area contributed by atoms with E-state index in [4.69, 9.17) is 4.74 Å². The zero-order valence-electron chi connectivity index (χ0n) is 18.5. The zero-order chi connectivity index (χ0) is 22.2. The van der Waals surface area contributed by atoms with E-state index < -0.39 is 5.60 Å². The van der Waals surface area contributed by atoms with Crippen molar-refractivity contribution in [3.8, 4) is 5.75 Å². The van der Waals surface area contributed by atoms with Gasteiger partial charge in [0.2, 0.25) is 5.91 Å². The first-order valence-corrected chi connectivity index (χ1v) is 11.0. The average Bonchev–Trinajstić information content (AvgIpc) is 2.75. The van der Waals surface area contributed by atoms with Crippen LogP contribution in [0.15, 0.2) is 36.4 Å². The number of likely N-dealkylation sites (tertiary alicyclic amines) is 1.